The second-order valence-corrected chi connectivity index (χ2v) is 6.93. The summed E-state index contributed by atoms with van der Waals surface area (Å²) in [6.45, 7) is 6.39. The van der Waals surface area contributed by atoms with E-state index in [0.29, 0.717) is 5.56 Å². The van der Waals surface area contributed by atoms with Crippen LogP contribution in [0.5, 0.6) is 0 Å². The Morgan fingerprint density at radius 3 is 1.95 bits per heavy atom. The van der Waals surface area contributed by atoms with Gasteiger partial charge in [0.25, 0.3) is 0 Å². The van der Waals surface area contributed by atoms with Gasteiger partial charge in [-0.2, -0.15) is 0 Å². The molecule has 0 saturated heterocycles. The number of primary amides is 1. The van der Waals surface area contributed by atoms with Crippen molar-refractivity contribution in [3.63, 3.8) is 0 Å². The van der Waals surface area contributed by atoms with Crippen LogP contribution in [0, 0.1) is 0 Å². The molecule has 2 rings (SSSR count). The van der Waals surface area contributed by atoms with E-state index in [0.717, 1.165) is 9.79 Å². The van der Waals surface area contributed by atoms with Gasteiger partial charge in [0.05, 0.1) is 0 Å². The van der Waals surface area contributed by atoms with Crippen molar-refractivity contribution in [1.82, 2.24) is 0 Å². The van der Waals surface area contributed by atoms with Crippen molar-refractivity contribution < 1.29 is 4.79 Å². The zero-order valence-electron chi connectivity index (χ0n) is 13.0. The molecule has 118 valence electrons. The van der Waals surface area contributed by atoms with Gasteiger partial charge >= 0.3 is 0 Å². The van der Waals surface area contributed by atoms with E-state index in [-0.39, 0.29) is 11.3 Å². The maximum atomic E-state index is 10.8. The summed E-state index contributed by atoms with van der Waals surface area (Å²) in [5, 5.41) is 5.32. The van der Waals surface area contributed by atoms with Crippen LogP contribution in [-0.4, -0.2) is 5.91 Å². The van der Waals surface area contributed by atoms with Gasteiger partial charge in [0.15, 0.2) is 0 Å². The minimum absolute atomic E-state index is 0.121. The van der Waals surface area contributed by atoms with Crippen molar-refractivity contribution in [2.45, 2.75) is 36.0 Å². The van der Waals surface area contributed by atoms with Crippen molar-refractivity contribution in [1.29, 1.82) is 0 Å². The minimum Gasteiger partial charge on any atom is -0.366 e. The molecular formula is C17H22N2OS2. The van der Waals surface area contributed by atoms with Crippen LogP contribution < -0.4 is 10.9 Å². The van der Waals surface area contributed by atoms with Crippen molar-refractivity contribution in [2.24, 2.45) is 10.9 Å². The smallest absolute Gasteiger partial charge is 0.248 e. The summed E-state index contributed by atoms with van der Waals surface area (Å²) in [5.74, 6) is -0.375. The van der Waals surface area contributed by atoms with Crippen LogP contribution in [0.1, 0.15) is 36.7 Å². The van der Waals surface area contributed by atoms with E-state index >= 15 is 0 Å². The summed E-state index contributed by atoms with van der Waals surface area (Å²) in [6, 6.07) is 15.1. The Kier molecular flexibility index (Phi) is 7.00. The van der Waals surface area contributed by atoms with E-state index in [4.69, 9.17) is 10.9 Å². The van der Waals surface area contributed by atoms with Gasteiger partial charge in [0.1, 0.15) is 0 Å². The summed E-state index contributed by atoms with van der Waals surface area (Å²) >= 11 is 5.40. The van der Waals surface area contributed by atoms with Crippen molar-refractivity contribution >= 4 is 30.5 Å². The van der Waals surface area contributed by atoms with E-state index in [1.807, 2.05) is 36.4 Å². The first-order valence-electron chi connectivity index (χ1n) is 6.80. The van der Waals surface area contributed by atoms with Crippen LogP contribution in [0.4, 0.5) is 0 Å². The Morgan fingerprint density at radius 2 is 1.59 bits per heavy atom. The first-order chi connectivity index (χ1) is 10.3. The lowest BCUT2D eigenvalue weighted by Crippen LogP contribution is -2.13. The maximum absolute atomic E-state index is 10.8. The van der Waals surface area contributed by atoms with Gasteiger partial charge in [-0.1, -0.05) is 45.0 Å². The summed E-state index contributed by atoms with van der Waals surface area (Å²) in [7, 11) is 0. The third-order valence-electron chi connectivity index (χ3n) is 3.03. The Bertz CT molecular complexity index is 619. The van der Waals surface area contributed by atoms with E-state index in [1.54, 1.807) is 12.1 Å². The van der Waals surface area contributed by atoms with Crippen molar-refractivity contribution in [3.8, 4) is 0 Å². The number of carbonyl (C=O) groups excluding carboxylic acids is 1. The van der Waals surface area contributed by atoms with E-state index in [2.05, 4.69) is 33.4 Å². The van der Waals surface area contributed by atoms with Crippen LogP contribution >= 0.6 is 24.6 Å². The second kappa shape index (κ2) is 8.27. The number of nitrogens with two attached hydrogens (primary N) is 2. The monoisotopic (exact) mass is 334 g/mol. The van der Waals surface area contributed by atoms with Crippen molar-refractivity contribution in [2.75, 3.05) is 0 Å². The third-order valence-corrected chi connectivity index (χ3v) is 4.18. The molecule has 2 aromatic carbocycles. The topological polar surface area (TPSA) is 69.1 Å². The molecule has 0 unspecified atom stereocenters. The van der Waals surface area contributed by atoms with Gasteiger partial charge in [0, 0.05) is 15.4 Å². The predicted molar refractivity (Wildman–Crippen MR) is 97.4 cm³/mol. The number of benzene rings is 2. The highest BCUT2D eigenvalue weighted by Gasteiger charge is 2.13. The Balaban J connectivity index is 0.000000235. The highest BCUT2D eigenvalue weighted by atomic mass is 32.2. The predicted octanol–water partition coefficient (Wildman–Crippen LogP) is 4.02. The van der Waals surface area contributed by atoms with Gasteiger partial charge in [-0.3, -0.25) is 9.93 Å². The number of carbonyl (C=O) groups is 1. The van der Waals surface area contributed by atoms with Crippen LogP contribution in [0.3, 0.4) is 0 Å². The molecule has 0 atom stereocenters. The average Bonchev–Trinajstić information content (AvgIpc) is 2.47. The molecule has 22 heavy (non-hydrogen) atoms. The van der Waals surface area contributed by atoms with Crippen LogP contribution in [0.25, 0.3) is 0 Å². The van der Waals surface area contributed by atoms with Crippen LogP contribution in [-0.2, 0) is 5.41 Å². The molecule has 3 nitrogen and oxygen atoms in total. The van der Waals surface area contributed by atoms with Crippen molar-refractivity contribution in [3.05, 3.63) is 59.7 Å². The fourth-order valence-electron chi connectivity index (χ4n) is 1.69. The van der Waals surface area contributed by atoms with Crippen LogP contribution in [0.15, 0.2) is 58.3 Å². The van der Waals surface area contributed by atoms with E-state index in [9.17, 15) is 4.79 Å². The first kappa shape index (κ1) is 18.6. The zero-order valence-corrected chi connectivity index (χ0v) is 14.7. The summed E-state index contributed by atoms with van der Waals surface area (Å²) < 4.78 is 0. The molecule has 0 aliphatic heterocycles. The molecule has 0 fully saturated rings. The largest absolute Gasteiger partial charge is 0.366 e. The first-order valence-corrected chi connectivity index (χ1v) is 8.13. The molecule has 0 heterocycles. The highest BCUT2D eigenvalue weighted by Crippen LogP contribution is 2.22. The number of amides is 1. The lowest BCUT2D eigenvalue weighted by atomic mass is 9.87. The maximum Gasteiger partial charge on any atom is 0.248 e. The summed E-state index contributed by atoms with van der Waals surface area (Å²) in [4.78, 5) is 12.7. The summed E-state index contributed by atoms with van der Waals surface area (Å²) in [5.41, 5.74) is 7.02. The molecule has 0 aromatic heterocycles. The fraction of sp³-hybridized carbons (Fsp3) is 0.235. The molecular weight excluding hydrogens is 312 g/mol. The Hall–Kier alpha value is -1.43. The molecule has 5 heteroatoms. The number of thiol groups is 1. The average molecular weight is 335 g/mol. The van der Waals surface area contributed by atoms with E-state index in [1.165, 1.54) is 17.5 Å². The molecule has 0 saturated carbocycles. The minimum atomic E-state index is -0.375. The van der Waals surface area contributed by atoms with Gasteiger partial charge in [-0.15, -0.1) is 12.6 Å². The zero-order chi connectivity index (χ0) is 16.8. The molecule has 4 N–H and O–H groups in total. The Morgan fingerprint density at radius 1 is 1.05 bits per heavy atom. The van der Waals surface area contributed by atoms with Gasteiger partial charge in [-0.25, -0.2) is 0 Å². The molecule has 0 aliphatic carbocycles. The molecule has 1 amide bonds. The standard InChI is InChI=1S/C11H15NO.C6H7NS2/c1-11(2,3)9-6-4-8(5-7-9)10(12)13;7-9-6-4-2-1-3-5(6)8/h4-7H,1-3H3,(H2,12,13);1-4,8H,7H2. The SMILES string of the molecule is CC(C)(C)c1ccc(C(N)=O)cc1.NSc1ccccc1S. The quantitative estimate of drug-likeness (QED) is 0.574. The van der Waals surface area contributed by atoms with Crippen LogP contribution in [0.2, 0.25) is 0 Å². The summed E-state index contributed by atoms with van der Waals surface area (Å²) in [6.07, 6.45) is 0. The van der Waals surface area contributed by atoms with Gasteiger partial charge in [-0.05, 0) is 47.2 Å². The number of hydrogen-bond donors (Lipinski definition) is 3. The third kappa shape index (κ3) is 5.75. The normalized spacial score (nSPS) is 10.6. The molecule has 0 radical (unpaired) electrons. The molecule has 0 bridgehead atoms. The van der Waals surface area contributed by atoms with Gasteiger partial charge in [0.2, 0.25) is 5.91 Å². The lowest BCUT2D eigenvalue weighted by Gasteiger charge is -2.18. The lowest BCUT2D eigenvalue weighted by molar-refractivity contribution is 0.1000. The fourth-order valence-corrected chi connectivity index (χ4v) is 2.36. The second-order valence-electron chi connectivity index (χ2n) is 5.78. The Labute approximate surface area is 142 Å². The number of rotatable bonds is 2. The van der Waals surface area contributed by atoms with E-state index < -0.39 is 0 Å². The van der Waals surface area contributed by atoms with Gasteiger partial charge < -0.3 is 5.73 Å². The highest BCUT2D eigenvalue weighted by molar-refractivity contribution is 7.97. The molecule has 2 aromatic rings. The molecule has 0 aliphatic rings. The molecule has 0 spiro atoms. The number of hydrogen-bond acceptors (Lipinski definition) is 4.